The molecular formula is C34H38FN5O5. The highest BCUT2D eigenvalue weighted by atomic mass is 19.1. The molecule has 1 amide bonds. The molecule has 0 aliphatic carbocycles. The van der Waals surface area contributed by atoms with Crippen molar-refractivity contribution in [2.45, 2.75) is 25.8 Å². The van der Waals surface area contributed by atoms with Crippen molar-refractivity contribution in [3.63, 3.8) is 0 Å². The van der Waals surface area contributed by atoms with E-state index in [0.717, 1.165) is 31.5 Å². The molecule has 3 aromatic carbocycles. The van der Waals surface area contributed by atoms with Gasteiger partial charge in [0.1, 0.15) is 11.5 Å². The van der Waals surface area contributed by atoms with Gasteiger partial charge in [0.15, 0.2) is 11.6 Å². The molecule has 2 atom stereocenters. The number of methoxy groups -OCH3 is 2. The Morgan fingerprint density at radius 3 is 2.62 bits per heavy atom. The number of carbonyl (C=O) groups is 1. The third-order valence-corrected chi connectivity index (χ3v) is 7.72. The average molecular weight is 616 g/mol. The van der Waals surface area contributed by atoms with Gasteiger partial charge in [0, 0.05) is 42.5 Å². The van der Waals surface area contributed by atoms with Gasteiger partial charge in [-0.1, -0.05) is 30.3 Å². The monoisotopic (exact) mass is 615 g/mol. The van der Waals surface area contributed by atoms with E-state index in [2.05, 4.69) is 27.2 Å². The van der Waals surface area contributed by atoms with Crippen LogP contribution in [0.3, 0.4) is 0 Å². The van der Waals surface area contributed by atoms with Crippen molar-refractivity contribution in [1.82, 2.24) is 14.9 Å². The maximum absolute atomic E-state index is 14.9. The number of carbonyl (C=O) groups excluding carboxylic acids is 1. The van der Waals surface area contributed by atoms with Crippen LogP contribution in [0.2, 0.25) is 0 Å². The van der Waals surface area contributed by atoms with Gasteiger partial charge in [-0.2, -0.15) is 4.98 Å². The SMILES string of the molecule is COc1ccc(N(C(=O)Oc2ccnc(Nc3ccc(OCC4CCCN(C)C4)c(F)c3)n2)[C@@H](C)c2ccccc2)c(OC)c1. The predicted molar refractivity (Wildman–Crippen MR) is 170 cm³/mol. The number of piperidine rings is 1. The fraction of sp³-hybridized carbons (Fsp3) is 0.324. The molecule has 1 saturated heterocycles. The third kappa shape index (κ3) is 7.98. The second-order valence-corrected chi connectivity index (χ2v) is 10.9. The Kier molecular flexibility index (Phi) is 10.3. The topological polar surface area (TPSA) is 98.3 Å². The van der Waals surface area contributed by atoms with Gasteiger partial charge in [0.2, 0.25) is 11.8 Å². The predicted octanol–water partition coefficient (Wildman–Crippen LogP) is 6.86. The molecule has 1 aromatic heterocycles. The first-order valence-corrected chi connectivity index (χ1v) is 14.8. The fourth-order valence-corrected chi connectivity index (χ4v) is 5.37. The number of anilines is 3. The normalized spacial score (nSPS) is 15.5. The highest BCUT2D eigenvalue weighted by Gasteiger charge is 2.29. The highest BCUT2D eigenvalue weighted by molar-refractivity contribution is 5.92. The minimum Gasteiger partial charge on any atom is -0.497 e. The summed E-state index contributed by atoms with van der Waals surface area (Å²) in [6.45, 7) is 4.38. The number of nitrogens with zero attached hydrogens (tertiary/aromatic N) is 4. The summed E-state index contributed by atoms with van der Waals surface area (Å²) in [7, 11) is 5.17. The van der Waals surface area contributed by atoms with Crippen molar-refractivity contribution in [2.24, 2.45) is 5.92 Å². The van der Waals surface area contributed by atoms with Crippen LogP contribution in [-0.4, -0.2) is 61.9 Å². The molecule has 1 N–H and O–H groups in total. The first-order chi connectivity index (χ1) is 21.8. The summed E-state index contributed by atoms with van der Waals surface area (Å²) < 4.78 is 37.4. The van der Waals surface area contributed by atoms with Crippen molar-refractivity contribution in [3.05, 3.63) is 90.4 Å². The fourth-order valence-electron chi connectivity index (χ4n) is 5.37. The van der Waals surface area contributed by atoms with E-state index in [4.69, 9.17) is 18.9 Å². The molecule has 1 fully saturated rings. The maximum Gasteiger partial charge on any atom is 0.421 e. The summed E-state index contributed by atoms with van der Waals surface area (Å²) in [6, 6.07) is 20.4. The summed E-state index contributed by atoms with van der Waals surface area (Å²) in [5, 5.41) is 2.97. The number of amides is 1. The van der Waals surface area contributed by atoms with E-state index in [9.17, 15) is 9.18 Å². The van der Waals surface area contributed by atoms with Crippen LogP contribution in [0.5, 0.6) is 23.1 Å². The van der Waals surface area contributed by atoms with Crippen LogP contribution >= 0.6 is 0 Å². The molecule has 0 saturated carbocycles. The van der Waals surface area contributed by atoms with Crippen LogP contribution in [0.15, 0.2) is 79.0 Å². The quantitative estimate of drug-likeness (QED) is 0.194. The minimum atomic E-state index is -0.684. The zero-order valence-corrected chi connectivity index (χ0v) is 25.9. The van der Waals surface area contributed by atoms with E-state index in [1.54, 1.807) is 37.4 Å². The van der Waals surface area contributed by atoms with Gasteiger partial charge in [-0.25, -0.2) is 14.2 Å². The largest absolute Gasteiger partial charge is 0.497 e. The van der Waals surface area contributed by atoms with Crippen LogP contribution in [-0.2, 0) is 0 Å². The summed E-state index contributed by atoms with van der Waals surface area (Å²) in [5.74, 6) is 1.22. The molecule has 10 nitrogen and oxygen atoms in total. The van der Waals surface area contributed by atoms with Crippen molar-refractivity contribution < 1.29 is 28.1 Å². The number of benzene rings is 3. The number of nitrogens with one attached hydrogen (secondary N) is 1. The second kappa shape index (κ2) is 14.7. The summed E-state index contributed by atoms with van der Waals surface area (Å²) >= 11 is 0. The molecule has 11 heteroatoms. The Labute approximate surface area is 262 Å². The lowest BCUT2D eigenvalue weighted by Gasteiger charge is -2.30. The molecule has 236 valence electrons. The molecule has 1 aliphatic rings. The lowest BCUT2D eigenvalue weighted by atomic mass is 10.00. The standard InChI is InChI=1S/C34H38FN5O5/c1-23(25-10-6-5-7-11-25)40(29-14-13-27(42-3)20-31(29)43-4)34(41)45-32-16-17-36-33(38-32)37-26-12-15-30(28(35)19-26)44-22-24-9-8-18-39(2)21-24/h5-7,10-17,19-20,23-24H,8-9,18,21-22H2,1-4H3,(H,36,37,38)/t23-,24?/m0/s1. The summed E-state index contributed by atoms with van der Waals surface area (Å²) in [5.41, 5.74) is 1.79. The van der Waals surface area contributed by atoms with Gasteiger partial charge < -0.3 is 29.2 Å². The van der Waals surface area contributed by atoms with Crippen LogP contribution in [0.25, 0.3) is 0 Å². The van der Waals surface area contributed by atoms with E-state index in [1.807, 2.05) is 37.3 Å². The van der Waals surface area contributed by atoms with Crippen LogP contribution < -0.4 is 29.2 Å². The van der Waals surface area contributed by atoms with Crippen molar-refractivity contribution in [1.29, 1.82) is 0 Å². The number of halogens is 1. The molecule has 5 rings (SSSR count). The molecule has 1 aliphatic heterocycles. The van der Waals surface area contributed by atoms with Gasteiger partial charge in [-0.05, 0) is 63.2 Å². The average Bonchev–Trinajstić information content (AvgIpc) is 3.05. The smallest absolute Gasteiger partial charge is 0.421 e. The Morgan fingerprint density at radius 1 is 1.07 bits per heavy atom. The highest BCUT2D eigenvalue weighted by Crippen LogP contribution is 2.37. The molecule has 2 heterocycles. The number of ether oxygens (including phenoxy) is 4. The third-order valence-electron chi connectivity index (χ3n) is 7.72. The Bertz CT molecular complexity index is 1590. The van der Waals surface area contributed by atoms with Crippen LogP contribution in [0, 0.1) is 11.7 Å². The van der Waals surface area contributed by atoms with Crippen molar-refractivity contribution >= 4 is 23.4 Å². The van der Waals surface area contributed by atoms with E-state index in [1.165, 1.54) is 30.3 Å². The zero-order chi connectivity index (χ0) is 31.8. The Hall–Kier alpha value is -4.90. The van der Waals surface area contributed by atoms with Gasteiger partial charge in [-0.15, -0.1) is 0 Å². The molecule has 0 spiro atoms. The molecule has 45 heavy (non-hydrogen) atoms. The zero-order valence-electron chi connectivity index (χ0n) is 25.9. The number of rotatable bonds is 11. The van der Waals surface area contributed by atoms with E-state index >= 15 is 0 Å². The lowest BCUT2D eigenvalue weighted by Crippen LogP contribution is -2.36. The molecule has 1 unspecified atom stereocenters. The lowest BCUT2D eigenvalue weighted by molar-refractivity contribution is 0.147. The number of hydrogen-bond donors (Lipinski definition) is 1. The summed E-state index contributed by atoms with van der Waals surface area (Å²) in [4.78, 5) is 26.1. The maximum atomic E-state index is 14.9. The minimum absolute atomic E-state index is 0.00751. The van der Waals surface area contributed by atoms with Crippen LogP contribution in [0.1, 0.15) is 31.4 Å². The number of hydrogen-bond acceptors (Lipinski definition) is 9. The van der Waals surface area contributed by atoms with E-state index < -0.39 is 18.0 Å². The van der Waals surface area contributed by atoms with Gasteiger partial charge in [-0.3, -0.25) is 4.90 Å². The Morgan fingerprint density at radius 2 is 1.89 bits per heavy atom. The van der Waals surface area contributed by atoms with Gasteiger partial charge >= 0.3 is 6.09 Å². The first kappa shape index (κ1) is 31.5. The molecule has 0 radical (unpaired) electrons. The number of aromatic nitrogens is 2. The molecule has 0 bridgehead atoms. The molecular weight excluding hydrogens is 577 g/mol. The summed E-state index contributed by atoms with van der Waals surface area (Å²) in [6.07, 6.45) is 2.95. The van der Waals surface area contributed by atoms with Crippen LogP contribution in [0.4, 0.5) is 26.5 Å². The van der Waals surface area contributed by atoms with Crippen molar-refractivity contribution in [2.75, 3.05) is 51.2 Å². The van der Waals surface area contributed by atoms with Gasteiger partial charge in [0.25, 0.3) is 0 Å². The Balaban J connectivity index is 1.31. The number of likely N-dealkylation sites (tertiary alicyclic amines) is 1. The first-order valence-electron chi connectivity index (χ1n) is 14.8. The second-order valence-electron chi connectivity index (χ2n) is 10.9. The molecule has 4 aromatic rings. The van der Waals surface area contributed by atoms with Gasteiger partial charge in [0.05, 0.1) is 32.6 Å². The van der Waals surface area contributed by atoms with E-state index in [0.29, 0.717) is 35.4 Å². The van der Waals surface area contributed by atoms with E-state index in [-0.39, 0.29) is 17.6 Å². The van der Waals surface area contributed by atoms with Crippen molar-refractivity contribution in [3.8, 4) is 23.1 Å².